The monoisotopic (exact) mass is 366 g/mol. The van der Waals surface area contributed by atoms with Gasteiger partial charge in [-0.05, 0) is 37.1 Å². The molecule has 1 atom stereocenters. The lowest BCUT2D eigenvalue weighted by Crippen LogP contribution is -2.57. The summed E-state index contributed by atoms with van der Waals surface area (Å²) in [4.78, 5) is 29.1. The van der Waals surface area contributed by atoms with Crippen molar-refractivity contribution < 1.29 is 14.3 Å². The van der Waals surface area contributed by atoms with Gasteiger partial charge in [-0.2, -0.15) is 0 Å². The molecule has 5 heteroatoms. The van der Waals surface area contributed by atoms with Crippen LogP contribution in [0, 0.1) is 6.92 Å². The molecular formula is C22H26N2O3. The van der Waals surface area contributed by atoms with Gasteiger partial charge < -0.3 is 14.5 Å². The van der Waals surface area contributed by atoms with E-state index in [1.54, 1.807) is 12.0 Å². The van der Waals surface area contributed by atoms with Gasteiger partial charge >= 0.3 is 0 Å². The summed E-state index contributed by atoms with van der Waals surface area (Å²) in [6.45, 7) is 5.56. The van der Waals surface area contributed by atoms with Crippen LogP contribution in [0.4, 0.5) is 0 Å². The van der Waals surface area contributed by atoms with E-state index in [0.717, 1.165) is 16.9 Å². The lowest BCUT2D eigenvalue weighted by molar-refractivity contribution is -0.150. The Bertz CT molecular complexity index is 834. The van der Waals surface area contributed by atoms with E-state index in [9.17, 15) is 9.59 Å². The Balaban J connectivity index is 1.64. The zero-order chi connectivity index (χ0) is 19.4. The lowest BCUT2D eigenvalue weighted by Gasteiger charge is -2.39. The average Bonchev–Trinajstić information content (AvgIpc) is 2.65. The fourth-order valence-electron chi connectivity index (χ4n) is 3.52. The maximum Gasteiger partial charge on any atom is 0.245 e. The Morgan fingerprint density at radius 3 is 2.59 bits per heavy atom. The highest BCUT2D eigenvalue weighted by molar-refractivity contribution is 5.89. The highest BCUT2D eigenvalue weighted by atomic mass is 16.5. The third-order valence-corrected chi connectivity index (χ3v) is 5.01. The molecule has 1 aliphatic heterocycles. The number of amides is 2. The van der Waals surface area contributed by atoms with Crippen LogP contribution in [0.15, 0.2) is 48.5 Å². The van der Waals surface area contributed by atoms with Gasteiger partial charge in [-0.1, -0.05) is 42.0 Å². The number of carbonyl (C=O) groups is 2. The van der Waals surface area contributed by atoms with Gasteiger partial charge in [-0.3, -0.25) is 9.59 Å². The number of methoxy groups -OCH3 is 1. The fourth-order valence-corrected chi connectivity index (χ4v) is 3.52. The first-order valence-corrected chi connectivity index (χ1v) is 9.24. The fraction of sp³-hybridized carbons (Fsp3) is 0.364. The number of aryl methyl sites for hydroxylation is 1. The van der Waals surface area contributed by atoms with Crippen molar-refractivity contribution in [3.8, 4) is 5.75 Å². The van der Waals surface area contributed by atoms with Crippen molar-refractivity contribution in [1.82, 2.24) is 9.80 Å². The normalized spacial score (nSPS) is 17.1. The van der Waals surface area contributed by atoms with Crippen LogP contribution in [0.25, 0.3) is 0 Å². The summed E-state index contributed by atoms with van der Waals surface area (Å²) in [5, 5.41) is 0. The Morgan fingerprint density at radius 1 is 1.11 bits per heavy atom. The molecular weight excluding hydrogens is 340 g/mol. The molecule has 5 nitrogen and oxygen atoms in total. The van der Waals surface area contributed by atoms with E-state index in [2.05, 4.69) is 6.07 Å². The molecule has 1 saturated heterocycles. The molecule has 0 saturated carbocycles. The van der Waals surface area contributed by atoms with Gasteiger partial charge in [0.15, 0.2) is 0 Å². The summed E-state index contributed by atoms with van der Waals surface area (Å²) in [5.74, 6) is 0.702. The molecule has 2 amide bonds. The summed E-state index contributed by atoms with van der Waals surface area (Å²) in [6, 6.07) is 15.2. The zero-order valence-electron chi connectivity index (χ0n) is 16.1. The first-order valence-electron chi connectivity index (χ1n) is 9.24. The molecule has 2 aromatic carbocycles. The molecule has 1 fully saturated rings. The SMILES string of the molecule is COc1cccc(CC(=O)N2CCN(Cc3cccc(C)c3)C(=O)[C@@H]2C)c1. The summed E-state index contributed by atoms with van der Waals surface area (Å²) >= 11 is 0. The Hall–Kier alpha value is -2.82. The van der Waals surface area contributed by atoms with Crippen LogP contribution in [0.3, 0.4) is 0 Å². The van der Waals surface area contributed by atoms with E-state index in [-0.39, 0.29) is 18.2 Å². The van der Waals surface area contributed by atoms with Crippen LogP contribution in [-0.4, -0.2) is 47.9 Å². The molecule has 0 aromatic heterocycles. The minimum Gasteiger partial charge on any atom is -0.497 e. The van der Waals surface area contributed by atoms with Crippen LogP contribution in [0.1, 0.15) is 23.6 Å². The first-order chi connectivity index (χ1) is 13.0. The average molecular weight is 366 g/mol. The second kappa shape index (κ2) is 8.25. The topological polar surface area (TPSA) is 49.9 Å². The molecule has 1 heterocycles. The summed E-state index contributed by atoms with van der Waals surface area (Å²) in [6.07, 6.45) is 0.271. The Kier molecular flexibility index (Phi) is 5.79. The maximum atomic E-state index is 12.8. The summed E-state index contributed by atoms with van der Waals surface area (Å²) < 4.78 is 5.21. The third-order valence-electron chi connectivity index (χ3n) is 5.01. The molecule has 0 radical (unpaired) electrons. The molecule has 2 aromatic rings. The number of ether oxygens (including phenoxy) is 1. The van der Waals surface area contributed by atoms with Crippen molar-refractivity contribution >= 4 is 11.8 Å². The summed E-state index contributed by atoms with van der Waals surface area (Å²) in [5.41, 5.74) is 3.19. The van der Waals surface area contributed by atoms with Gasteiger partial charge in [0.1, 0.15) is 11.8 Å². The maximum absolute atomic E-state index is 12.8. The van der Waals surface area contributed by atoms with Crippen molar-refractivity contribution in [2.24, 2.45) is 0 Å². The van der Waals surface area contributed by atoms with Crippen molar-refractivity contribution in [2.75, 3.05) is 20.2 Å². The third kappa shape index (κ3) is 4.48. The number of piperazine rings is 1. The molecule has 142 valence electrons. The van der Waals surface area contributed by atoms with E-state index in [0.29, 0.717) is 19.6 Å². The number of benzene rings is 2. The Morgan fingerprint density at radius 2 is 1.85 bits per heavy atom. The van der Waals surface area contributed by atoms with Gasteiger partial charge in [-0.25, -0.2) is 0 Å². The smallest absolute Gasteiger partial charge is 0.245 e. The highest BCUT2D eigenvalue weighted by Crippen LogP contribution is 2.18. The summed E-state index contributed by atoms with van der Waals surface area (Å²) in [7, 11) is 1.61. The van der Waals surface area contributed by atoms with Crippen molar-refractivity contribution in [3.05, 3.63) is 65.2 Å². The molecule has 0 unspecified atom stereocenters. The van der Waals surface area contributed by atoms with Gasteiger partial charge in [0.25, 0.3) is 0 Å². The van der Waals surface area contributed by atoms with E-state index >= 15 is 0 Å². The van der Waals surface area contributed by atoms with Crippen molar-refractivity contribution in [1.29, 1.82) is 0 Å². The zero-order valence-corrected chi connectivity index (χ0v) is 16.1. The van der Waals surface area contributed by atoms with Gasteiger partial charge in [0, 0.05) is 19.6 Å². The van der Waals surface area contributed by atoms with E-state index in [1.165, 1.54) is 5.56 Å². The van der Waals surface area contributed by atoms with Gasteiger partial charge in [0.2, 0.25) is 11.8 Å². The molecule has 1 aliphatic rings. The molecule has 27 heavy (non-hydrogen) atoms. The number of carbonyl (C=O) groups excluding carboxylic acids is 2. The van der Waals surface area contributed by atoms with E-state index < -0.39 is 6.04 Å². The number of nitrogens with zero attached hydrogens (tertiary/aromatic N) is 2. The van der Waals surface area contributed by atoms with Crippen LogP contribution >= 0.6 is 0 Å². The minimum atomic E-state index is -0.443. The van der Waals surface area contributed by atoms with Crippen molar-refractivity contribution in [2.45, 2.75) is 32.9 Å². The van der Waals surface area contributed by atoms with Gasteiger partial charge in [-0.15, -0.1) is 0 Å². The predicted octanol–water partition coefficient (Wildman–Crippen LogP) is 2.81. The molecule has 0 aliphatic carbocycles. The minimum absolute atomic E-state index is 0.00162. The number of hydrogen-bond donors (Lipinski definition) is 0. The quantitative estimate of drug-likeness (QED) is 0.818. The van der Waals surface area contributed by atoms with E-state index in [1.807, 2.05) is 61.2 Å². The number of rotatable bonds is 5. The lowest BCUT2D eigenvalue weighted by atomic mass is 10.1. The van der Waals surface area contributed by atoms with E-state index in [4.69, 9.17) is 4.74 Å². The van der Waals surface area contributed by atoms with Crippen LogP contribution in [-0.2, 0) is 22.6 Å². The second-order valence-electron chi connectivity index (χ2n) is 7.04. The van der Waals surface area contributed by atoms with Crippen LogP contribution in [0.2, 0.25) is 0 Å². The van der Waals surface area contributed by atoms with Crippen LogP contribution in [0.5, 0.6) is 5.75 Å². The first kappa shape index (κ1) is 19.0. The molecule has 0 N–H and O–H groups in total. The second-order valence-corrected chi connectivity index (χ2v) is 7.04. The largest absolute Gasteiger partial charge is 0.497 e. The molecule has 0 bridgehead atoms. The standard InChI is InChI=1S/C22H26N2O3/c1-16-6-4-8-19(12-16)15-23-10-11-24(17(2)22(23)26)21(25)14-18-7-5-9-20(13-18)27-3/h4-9,12-13,17H,10-11,14-15H2,1-3H3/t17-/m0/s1. The predicted molar refractivity (Wildman–Crippen MR) is 104 cm³/mol. The highest BCUT2D eigenvalue weighted by Gasteiger charge is 2.34. The molecule has 0 spiro atoms. The Labute approximate surface area is 160 Å². The van der Waals surface area contributed by atoms with Gasteiger partial charge in [0.05, 0.1) is 13.5 Å². The van der Waals surface area contributed by atoms with Crippen molar-refractivity contribution in [3.63, 3.8) is 0 Å². The molecule has 3 rings (SSSR count). The number of hydrogen-bond acceptors (Lipinski definition) is 3. The van der Waals surface area contributed by atoms with Crippen LogP contribution < -0.4 is 4.74 Å².